The number of rotatable bonds is 9. The number of tetrazole rings is 1. The predicted molar refractivity (Wildman–Crippen MR) is 161 cm³/mol. The molecule has 3 aromatic rings. The summed E-state index contributed by atoms with van der Waals surface area (Å²) in [5, 5.41) is 28.9. The average Bonchev–Trinajstić information content (AvgIpc) is 3.47. The minimum absolute atomic E-state index is 0.0459. The summed E-state index contributed by atoms with van der Waals surface area (Å²) >= 11 is 2.96. The van der Waals surface area contributed by atoms with Crippen molar-refractivity contribution < 1.29 is 9.59 Å². The van der Waals surface area contributed by atoms with Crippen LogP contribution in [-0.2, 0) is 18.3 Å². The van der Waals surface area contributed by atoms with E-state index >= 15 is 0 Å². The number of fused-ring (bicyclic) bond motifs is 3. The molecule has 2 fully saturated rings. The number of aromatic nitrogens is 4. The van der Waals surface area contributed by atoms with Crippen molar-refractivity contribution in [2.24, 2.45) is 5.92 Å². The van der Waals surface area contributed by atoms with Crippen molar-refractivity contribution in [3.63, 3.8) is 0 Å². The topological polar surface area (TPSA) is 134 Å². The number of thiophene rings is 2. The molecule has 13 heteroatoms. The normalized spacial score (nSPS) is 21.5. The standard InChI is InChI=1S/C29H35N9O2S2/c1-16(38-20(14-30)10-19-11-21(19)38)15-31-9-8-29(28-32-34-35-33-28)24-17(12-22(41-24)26(39)36(2)3)6-7-18-13-23(42-25(18)29)27(40)37(4)5/h12-13,19-21,31H,1,6-11,15H2,2-5H3,(H,32,33,34,35)/t19-,20?,21?/m1/s1. The van der Waals surface area contributed by atoms with E-state index in [4.69, 9.17) is 0 Å². The van der Waals surface area contributed by atoms with Gasteiger partial charge in [0.05, 0.1) is 15.8 Å². The number of H-pyrrole nitrogens is 1. The number of nitrogens with zero attached hydrogens (tertiary/aromatic N) is 7. The monoisotopic (exact) mass is 605 g/mol. The van der Waals surface area contributed by atoms with Gasteiger partial charge in [-0.25, -0.2) is 0 Å². The Morgan fingerprint density at radius 2 is 1.74 bits per heavy atom. The van der Waals surface area contributed by atoms with Gasteiger partial charge in [0, 0.05) is 56.2 Å². The molecule has 42 heavy (non-hydrogen) atoms. The second kappa shape index (κ2) is 10.9. The summed E-state index contributed by atoms with van der Waals surface area (Å²) in [5.74, 6) is 1.05. The van der Waals surface area contributed by atoms with Gasteiger partial charge in [-0.15, -0.1) is 32.9 Å². The number of likely N-dealkylation sites (tertiary alicyclic amines) is 1. The van der Waals surface area contributed by atoms with Gasteiger partial charge >= 0.3 is 0 Å². The number of carbonyl (C=O) groups is 2. The van der Waals surface area contributed by atoms with Crippen LogP contribution in [0.3, 0.4) is 0 Å². The smallest absolute Gasteiger partial charge is 0.263 e. The van der Waals surface area contributed by atoms with Crippen molar-refractivity contribution in [1.82, 2.24) is 40.6 Å². The van der Waals surface area contributed by atoms with E-state index in [-0.39, 0.29) is 17.9 Å². The fourth-order valence-corrected chi connectivity index (χ4v) is 9.46. The van der Waals surface area contributed by atoms with Crippen molar-refractivity contribution in [2.75, 3.05) is 41.3 Å². The fourth-order valence-electron chi connectivity index (χ4n) is 6.49. The Balaban J connectivity index is 1.38. The molecule has 3 atom stereocenters. The second-order valence-electron chi connectivity index (χ2n) is 11.8. The minimum Gasteiger partial charge on any atom is -0.355 e. The molecule has 6 rings (SSSR count). The van der Waals surface area contributed by atoms with Crippen LogP contribution in [0.4, 0.5) is 0 Å². The maximum absolute atomic E-state index is 13.1. The first-order chi connectivity index (χ1) is 20.1. The number of hydrogen-bond acceptors (Lipinski definition) is 10. The highest BCUT2D eigenvalue weighted by molar-refractivity contribution is 7.16. The van der Waals surface area contributed by atoms with Crippen molar-refractivity contribution in [3.8, 4) is 6.07 Å². The van der Waals surface area contributed by atoms with E-state index < -0.39 is 5.41 Å². The van der Waals surface area contributed by atoms with E-state index in [1.807, 2.05) is 12.1 Å². The zero-order valence-electron chi connectivity index (χ0n) is 24.3. The molecule has 3 aliphatic rings. The van der Waals surface area contributed by atoms with Gasteiger partial charge in [0.1, 0.15) is 11.5 Å². The van der Waals surface area contributed by atoms with Crippen LogP contribution in [0.2, 0.25) is 0 Å². The molecule has 0 spiro atoms. The lowest BCUT2D eigenvalue weighted by molar-refractivity contribution is 0.0825. The number of hydrogen-bond donors (Lipinski definition) is 2. The predicted octanol–water partition coefficient (Wildman–Crippen LogP) is 2.64. The van der Waals surface area contributed by atoms with E-state index in [1.54, 1.807) is 38.0 Å². The summed E-state index contributed by atoms with van der Waals surface area (Å²) in [6.07, 6.45) is 4.12. The lowest BCUT2D eigenvalue weighted by Crippen LogP contribution is -2.38. The average molecular weight is 606 g/mol. The molecule has 2 unspecified atom stereocenters. The Bertz CT molecular complexity index is 1500. The SMILES string of the molecule is C=C(CNCCC1(c2nn[nH]n2)c2sc(C(=O)N(C)C)cc2CCc2cc(C(=O)N(C)C)sc21)N1C(C#N)C[C@@H]2CC21. The highest BCUT2D eigenvalue weighted by atomic mass is 32.1. The molecule has 2 amide bonds. The summed E-state index contributed by atoms with van der Waals surface area (Å²) in [4.78, 5) is 34.9. The number of nitrogens with one attached hydrogen (secondary N) is 2. The first-order valence-corrected chi connectivity index (χ1v) is 15.8. The number of nitriles is 1. The van der Waals surface area contributed by atoms with E-state index in [9.17, 15) is 14.9 Å². The Labute approximate surface area is 253 Å². The molecule has 0 aromatic carbocycles. The largest absolute Gasteiger partial charge is 0.355 e. The van der Waals surface area contributed by atoms with Gasteiger partial charge in [-0.3, -0.25) is 9.59 Å². The third-order valence-electron chi connectivity index (χ3n) is 8.64. The van der Waals surface area contributed by atoms with E-state index in [0.29, 0.717) is 47.0 Å². The first-order valence-electron chi connectivity index (χ1n) is 14.2. The van der Waals surface area contributed by atoms with Crippen LogP contribution in [0.25, 0.3) is 0 Å². The maximum atomic E-state index is 13.1. The molecule has 4 heterocycles. The second-order valence-corrected chi connectivity index (χ2v) is 13.9. The molecule has 220 valence electrons. The highest BCUT2D eigenvalue weighted by Gasteiger charge is 2.52. The summed E-state index contributed by atoms with van der Waals surface area (Å²) in [6, 6.07) is 6.81. The Hall–Kier alpha value is -3.60. The van der Waals surface area contributed by atoms with Crippen molar-refractivity contribution >= 4 is 34.5 Å². The van der Waals surface area contributed by atoms with Crippen LogP contribution in [0, 0.1) is 17.2 Å². The van der Waals surface area contributed by atoms with Crippen LogP contribution < -0.4 is 5.32 Å². The van der Waals surface area contributed by atoms with E-state index in [2.05, 4.69) is 43.5 Å². The first kappa shape index (κ1) is 28.5. The molecule has 0 bridgehead atoms. The minimum atomic E-state index is -0.808. The Morgan fingerprint density at radius 3 is 2.26 bits per heavy atom. The number of piperidine rings is 1. The van der Waals surface area contributed by atoms with E-state index in [0.717, 1.165) is 52.3 Å². The molecule has 1 saturated heterocycles. The third kappa shape index (κ3) is 4.71. The molecule has 1 aliphatic heterocycles. The highest BCUT2D eigenvalue weighted by Crippen LogP contribution is 2.52. The van der Waals surface area contributed by atoms with Crippen molar-refractivity contribution in [1.29, 1.82) is 5.26 Å². The molecular weight excluding hydrogens is 571 g/mol. The van der Waals surface area contributed by atoms with E-state index in [1.165, 1.54) is 22.7 Å². The van der Waals surface area contributed by atoms with Crippen LogP contribution in [-0.4, -0.2) is 101 Å². The number of amides is 2. The van der Waals surface area contributed by atoms with Crippen LogP contribution in [0.1, 0.15) is 65.3 Å². The third-order valence-corrected chi connectivity index (χ3v) is 11.3. The number of aryl methyl sites for hydroxylation is 2. The van der Waals surface area contributed by atoms with Gasteiger partial charge in [0.2, 0.25) is 0 Å². The van der Waals surface area contributed by atoms with Gasteiger partial charge in [-0.1, -0.05) is 11.8 Å². The van der Waals surface area contributed by atoms with Gasteiger partial charge in [0.15, 0.2) is 5.82 Å². The molecule has 11 nitrogen and oxygen atoms in total. The van der Waals surface area contributed by atoms with Crippen LogP contribution in [0.5, 0.6) is 0 Å². The summed E-state index contributed by atoms with van der Waals surface area (Å²) in [6.45, 7) is 5.48. The molecular formula is C29H35N9O2S2. The Kier molecular flexibility index (Phi) is 7.41. The van der Waals surface area contributed by atoms with Gasteiger partial charge in [-0.2, -0.15) is 10.5 Å². The van der Waals surface area contributed by atoms with Gasteiger partial charge in [-0.05, 0) is 67.8 Å². The molecule has 3 aromatic heterocycles. The lowest BCUT2D eigenvalue weighted by Gasteiger charge is -2.31. The number of aromatic amines is 1. The zero-order chi connectivity index (χ0) is 29.8. The fraction of sp³-hybridized carbons (Fsp3) is 0.517. The summed E-state index contributed by atoms with van der Waals surface area (Å²) in [5.41, 5.74) is 2.32. The quantitative estimate of drug-likeness (QED) is 0.356. The maximum Gasteiger partial charge on any atom is 0.263 e. The Morgan fingerprint density at radius 1 is 1.12 bits per heavy atom. The molecule has 2 aliphatic carbocycles. The summed E-state index contributed by atoms with van der Waals surface area (Å²) < 4.78 is 0. The molecule has 1 saturated carbocycles. The van der Waals surface area contributed by atoms with Gasteiger partial charge in [0.25, 0.3) is 11.8 Å². The molecule has 0 radical (unpaired) electrons. The molecule has 2 N–H and O–H groups in total. The van der Waals surface area contributed by atoms with Gasteiger partial charge < -0.3 is 20.0 Å². The van der Waals surface area contributed by atoms with Crippen LogP contribution in [0.15, 0.2) is 24.4 Å². The van der Waals surface area contributed by atoms with Crippen molar-refractivity contribution in [2.45, 2.75) is 49.6 Å². The lowest BCUT2D eigenvalue weighted by atomic mass is 9.78. The zero-order valence-corrected chi connectivity index (χ0v) is 25.9. The van der Waals surface area contributed by atoms with Crippen molar-refractivity contribution in [3.05, 3.63) is 60.9 Å². The number of carbonyl (C=O) groups excluding carboxylic acids is 2. The van der Waals surface area contributed by atoms with Crippen LogP contribution >= 0.6 is 22.7 Å². The summed E-state index contributed by atoms with van der Waals surface area (Å²) in [7, 11) is 7.03.